The van der Waals surface area contributed by atoms with Gasteiger partial charge < -0.3 is 20.2 Å². The zero-order valence-electron chi connectivity index (χ0n) is 11.9. The molecular weight excluding hydrogens is 246 g/mol. The standard InChI is InChI=1S/C13H25N3O3/c1-15(2)9-6-4-8-14-13(19)16-10-5-3-7-11(16)12(17)18/h11H,3-10H2,1-2H3,(H,14,19)(H,17,18). The van der Waals surface area contributed by atoms with Crippen LogP contribution in [0, 0.1) is 0 Å². The second kappa shape index (κ2) is 7.99. The fourth-order valence-corrected chi connectivity index (χ4v) is 2.28. The second-order valence-corrected chi connectivity index (χ2v) is 5.29. The maximum absolute atomic E-state index is 12.0. The van der Waals surface area contributed by atoms with Gasteiger partial charge in [-0.3, -0.25) is 0 Å². The molecule has 0 aromatic carbocycles. The first-order chi connectivity index (χ1) is 9.02. The average Bonchev–Trinajstić information content (AvgIpc) is 2.37. The SMILES string of the molecule is CN(C)CCCCNC(=O)N1CCCCC1C(=O)O. The van der Waals surface area contributed by atoms with E-state index in [-0.39, 0.29) is 6.03 Å². The van der Waals surface area contributed by atoms with Gasteiger partial charge >= 0.3 is 12.0 Å². The number of amides is 2. The topological polar surface area (TPSA) is 72.9 Å². The van der Waals surface area contributed by atoms with Crippen LogP contribution in [0.3, 0.4) is 0 Å². The Labute approximate surface area is 114 Å². The molecule has 1 aliphatic rings. The Balaban J connectivity index is 2.29. The molecule has 0 aromatic heterocycles. The molecule has 0 aromatic rings. The highest BCUT2D eigenvalue weighted by Gasteiger charge is 2.31. The van der Waals surface area contributed by atoms with Crippen molar-refractivity contribution in [3.63, 3.8) is 0 Å². The number of nitrogens with one attached hydrogen (secondary N) is 1. The molecule has 6 nitrogen and oxygen atoms in total. The van der Waals surface area contributed by atoms with Crippen molar-refractivity contribution in [2.75, 3.05) is 33.7 Å². The molecule has 0 spiro atoms. The van der Waals surface area contributed by atoms with Crippen LogP contribution in [-0.2, 0) is 4.79 Å². The lowest BCUT2D eigenvalue weighted by Gasteiger charge is -2.32. The van der Waals surface area contributed by atoms with Crippen LogP contribution in [0.2, 0.25) is 0 Å². The predicted molar refractivity (Wildman–Crippen MR) is 73.2 cm³/mol. The summed E-state index contributed by atoms with van der Waals surface area (Å²) in [6.07, 6.45) is 4.26. The molecule has 2 amide bonds. The Kier molecular flexibility index (Phi) is 6.62. The molecule has 1 unspecified atom stereocenters. The summed E-state index contributed by atoms with van der Waals surface area (Å²) in [5.74, 6) is -0.901. The van der Waals surface area contributed by atoms with Gasteiger partial charge in [0.1, 0.15) is 6.04 Å². The van der Waals surface area contributed by atoms with Gasteiger partial charge in [-0.05, 0) is 52.7 Å². The Bertz CT molecular complexity index is 308. The zero-order valence-corrected chi connectivity index (χ0v) is 11.9. The number of carbonyl (C=O) groups is 2. The van der Waals surface area contributed by atoms with Crippen LogP contribution in [0.5, 0.6) is 0 Å². The zero-order chi connectivity index (χ0) is 14.3. The van der Waals surface area contributed by atoms with Crippen LogP contribution in [0.15, 0.2) is 0 Å². The van der Waals surface area contributed by atoms with Gasteiger partial charge in [0.05, 0.1) is 0 Å². The van der Waals surface area contributed by atoms with Gasteiger partial charge in [0.2, 0.25) is 0 Å². The number of carbonyl (C=O) groups excluding carboxylic acids is 1. The summed E-state index contributed by atoms with van der Waals surface area (Å²) in [5, 5.41) is 11.9. The molecule has 110 valence electrons. The molecule has 6 heteroatoms. The van der Waals surface area contributed by atoms with Crippen molar-refractivity contribution in [1.82, 2.24) is 15.1 Å². The first-order valence-corrected chi connectivity index (χ1v) is 6.94. The summed E-state index contributed by atoms with van der Waals surface area (Å²) in [5.41, 5.74) is 0. The van der Waals surface area contributed by atoms with Crippen molar-refractivity contribution in [3.8, 4) is 0 Å². The summed E-state index contributed by atoms with van der Waals surface area (Å²) in [4.78, 5) is 26.6. The minimum atomic E-state index is -0.901. The van der Waals surface area contributed by atoms with Gasteiger partial charge in [-0.25, -0.2) is 9.59 Å². The summed E-state index contributed by atoms with van der Waals surface area (Å²) < 4.78 is 0. The minimum absolute atomic E-state index is 0.239. The molecule has 0 bridgehead atoms. The first kappa shape index (κ1) is 15.8. The van der Waals surface area contributed by atoms with Gasteiger partial charge in [-0.15, -0.1) is 0 Å². The molecule has 1 atom stereocenters. The van der Waals surface area contributed by atoms with Crippen LogP contribution in [0.1, 0.15) is 32.1 Å². The van der Waals surface area contributed by atoms with Crippen LogP contribution in [-0.4, -0.2) is 66.7 Å². The monoisotopic (exact) mass is 271 g/mol. The highest BCUT2D eigenvalue weighted by Crippen LogP contribution is 2.17. The van der Waals surface area contributed by atoms with E-state index in [4.69, 9.17) is 5.11 Å². The lowest BCUT2D eigenvalue weighted by Crippen LogP contribution is -2.52. The maximum Gasteiger partial charge on any atom is 0.326 e. The van der Waals surface area contributed by atoms with Crippen molar-refractivity contribution in [3.05, 3.63) is 0 Å². The van der Waals surface area contributed by atoms with Gasteiger partial charge in [-0.2, -0.15) is 0 Å². The van der Waals surface area contributed by atoms with Gasteiger partial charge in [0.25, 0.3) is 0 Å². The molecule has 19 heavy (non-hydrogen) atoms. The number of urea groups is 1. The lowest BCUT2D eigenvalue weighted by atomic mass is 10.0. The van der Waals surface area contributed by atoms with E-state index in [0.717, 1.165) is 32.2 Å². The van der Waals surface area contributed by atoms with E-state index in [2.05, 4.69) is 10.2 Å². The fraction of sp³-hybridized carbons (Fsp3) is 0.846. The largest absolute Gasteiger partial charge is 0.480 e. The average molecular weight is 271 g/mol. The molecule has 1 aliphatic heterocycles. The lowest BCUT2D eigenvalue weighted by molar-refractivity contribution is -0.143. The maximum atomic E-state index is 12.0. The van der Waals surface area contributed by atoms with Crippen LogP contribution in [0.25, 0.3) is 0 Å². The van der Waals surface area contributed by atoms with Crippen molar-refractivity contribution in [2.45, 2.75) is 38.1 Å². The number of piperidine rings is 1. The smallest absolute Gasteiger partial charge is 0.326 e. The third-order valence-corrected chi connectivity index (χ3v) is 3.36. The molecule has 0 radical (unpaired) electrons. The van der Waals surface area contributed by atoms with Crippen LogP contribution >= 0.6 is 0 Å². The summed E-state index contributed by atoms with van der Waals surface area (Å²) in [7, 11) is 4.04. The minimum Gasteiger partial charge on any atom is -0.480 e. The fourth-order valence-electron chi connectivity index (χ4n) is 2.28. The molecule has 1 saturated heterocycles. The van der Waals surface area contributed by atoms with Crippen LogP contribution < -0.4 is 5.32 Å². The molecule has 1 heterocycles. The third kappa shape index (κ3) is 5.46. The molecule has 1 rings (SSSR count). The number of likely N-dealkylation sites (tertiary alicyclic amines) is 1. The van der Waals surface area contributed by atoms with E-state index in [1.165, 1.54) is 4.90 Å². The first-order valence-electron chi connectivity index (χ1n) is 6.94. The quantitative estimate of drug-likeness (QED) is 0.706. The number of hydrogen-bond donors (Lipinski definition) is 2. The van der Waals surface area contributed by atoms with Crippen molar-refractivity contribution in [2.24, 2.45) is 0 Å². The van der Waals surface area contributed by atoms with Crippen molar-refractivity contribution < 1.29 is 14.7 Å². The second-order valence-electron chi connectivity index (χ2n) is 5.29. The normalized spacial score (nSPS) is 19.5. The number of aliphatic carboxylic acids is 1. The van der Waals surface area contributed by atoms with E-state index in [9.17, 15) is 9.59 Å². The summed E-state index contributed by atoms with van der Waals surface area (Å²) >= 11 is 0. The van der Waals surface area contributed by atoms with E-state index in [1.807, 2.05) is 14.1 Å². The number of unbranched alkanes of at least 4 members (excludes halogenated alkanes) is 1. The molecule has 1 fully saturated rings. The van der Waals surface area contributed by atoms with Crippen LogP contribution in [0.4, 0.5) is 4.79 Å². The number of nitrogens with zero attached hydrogens (tertiary/aromatic N) is 2. The van der Waals surface area contributed by atoms with E-state index in [1.54, 1.807) is 0 Å². The highest BCUT2D eigenvalue weighted by molar-refractivity contribution is 5.82. The number of rotatable bonds is 6. The van der Waals surface area contributed by atoms with Gasteiger partial charge in [0, 0.05) is 13.1 Å². The number of carboxylic acid groups (broad SMARTS) is 1. The Hall–Kier alpha value is -1.30. The van der Waals surface area contributed by atoms with E-state index >= 15 is 0 Å². The predicted octanol–water partition coefficient (Wildman–Crippen LogP) is 0.977. The van der Waals surface area contributed by atoms with E-state index in [0.29, 0.717) is 19.5 Å². The molecular formula is C13H25N3O3. The molecule has 2 N–H and O–H groups in total. The Morgan fingerprint density at radius 1 is 1.32 bits per heavy atom. The summed E-state index contributed by atoms with van der Waals surface area (Å²) in [6, 6.07) is -0.896. The summed E-state index contributed by atoms with van der Waals surface area (Å²) in [6.45, 7) is 2.15. The Morgan fingerprint density at radius 2 is 2.05 bits per heavy atom. The molecule has 0 saturated carbocycles. The van der Waals surface area contributed by atoms with Gasteiger partial charge in [0.15, 0.2) is 0 Å². The third-order valence-electron chi connectivity index (χ3n) is 3.36. The molecule has 0 aliphatic carbocycles. The van der Waals surface area contributed by atoms with Crippen molar-refractivity contribution in [1.29, 1.82) is 0 Å². The van der Waals surface area contributed by atoms with E-state index < -0.39 is 12.0 Å². The number of hydrogen-bond acceptors (Lipinski definition) is 3. The number of carboxylic acids is 1. The highest BCUT2D eigenvalue weighted by atomic mass is 16.4. The van der Waals surface area contributed by atoms with Crippen molar-refractivity contribution >= 4 is 12.0 Å². The van der Waals surface area contributed by atoms with Gasteiger partial charge in [-0.1, -0.05) is 0 Å². The Morgan fingerprint density at radius 3 is 2.68 bits per heavy atom.